The van der Waals surface area contributed by atoms with Crippen molar-refractivity contribution in [3.63, 3.8) is 0 Å². The molecule has 0 saturated heterocycles. The van der Waals surface area contributed by atoms with Gasteiger partial charge in [0.25, 0.3) is 21.6 Å². The third-order valence-corrected chi connectivity index (χ3v) is 9.52. The number of ether oxygens (including phenoxy) is 5. The summed E-state index contributed by atoms with van der Waals surface area (Å²) >= 11 is 5.81. The number of pyridine rings is 1. The number of nitro benzene ring substituents is 1. The molecule has 0 unspecified atom stereocenters. The zero-order chi connectivity index (χ0) is 51.6. The second kappa shape index (κ2) is 25.6. The van der Waals surface area contributed by atoms with E-state index in [-0.39, 0.29) is 46.4 Å². The lowest BCUT2D eigenvalue weighted by atomic mass is 10.1. The molecule has 0 bridgehead atoms. The van der Waals surface area contributed by atoms with Crippen molar-refractivity contribution in [3.8, 4) is 23.3 Å². The topological polar surface area (TPSA) is 365 Å². The van der Waals surface area contributed by atoms with E-state index in [1.807, 2.05) is 0 Å². The largest absolute Gasteiger partial charge is 0.481 e. The number of carbonyl (C=O) groups is 5. The SMILES string of the molecule is CCOC(=O)COC(=O)c1cc(Oc2ccc(C(F)(F)F)cc2Cl)ccc1[N+](=O)[O-].COc1cc(OC)nc(NC(=O)NS(=O)(=O)c2ncccc2C(=O)N(C)C)n1.O=C(O)CNCP(=O)(O)O. The van der Waals surface area contributed by atoms with Crippen LogP contribution in [-0.4, -0.2) is 132 Å². The summed E-state index contributed by atoms with van der Waals surface area (Å²) < 4.78 is 99.5. The minimum atomic E-state index is -4.61. The first-order valence-corrected chi connectivity index (χ1v) is 21.9. The first-order valence-electron chi connectivity index (χ1n) is 18.2. The molecule has 6 N–H and O–H groups in total. The second-order valence-electron chi connectivity index (χ2n) is 12.6. The summed E-state index contributed by atoms with van der Waals surface area (Å²) in [7, 11) is -2.94. The van der Waals surface area contributed by atoms with Crippen LogP contribution in [-0.2, 0) is 39.8 Å². The van der Waals surface area contributed by atoms with Crippen LogP contribution in [0, 0.1) is 10.1 Å². The summed E-state index contributed by atoms with van der Waals surface area (Å²) in [5, 5.41) is 22.4. The lowest BCUT2D eigenvalue weighted by Gasteiger charge is -2.14. The lowest BCUT2D eigenvalue weighted by Crippen LogP contribution is -2.36. The summed E-state index contributed by atoms with van der Waals surface area (Å²) in [6, 6.07) is 8.26. The Labute approximate surface area is 387 Å². The molecule has 3 amide bonds. The number of amides is 3. The number of alkyl halides is 3. The summed E-state index contributed by atoms with van der Waals surface area (Å²) in [5.41, 5.74) is -2.35. The van der Waals surface area contributed by atoms with Gasteiger partial charge in [-0.1, -0.05) is 11.6 Å². The van der Waals surface area contributed by atoms with Crippen molar-refractivity contribution in [2.75, 3.05) is 59.7 Å². The maximum Gasteiger partial charge on any atom is 0.416 e. The molecule has 26 nitrogen and oxygen atoms in total. The number of halogens is 4. The van der Waals surface area contributed by atoms with E-state index in [2.05, 4.69) is 30.3 Å². The molecule has 2 aromatic heterocycles. The van der Waals surface area contributed by atoms with Gasteiger partial charge in [-0.3, -0.25) is 34.9 Å². The molecule has 0 aliphatic carbocycles. The van der Waals surface area contributed by atoms with E-state index >= 15 is 0 Å². The van der Waals surface area contributed by atoms with E-state index < -0.39 is 99.8 Å². The number of rotatable bonds is 17. The Hall–Kier alpha value is -7.24. The molecule has 2 heterocycles. The number of hydrogen-bond donors (Lipinski definition) is 6. The van der Waals surface area contributed by atoms with Gasteiger partial charge in [0.2, 0.25) is 17.7 Å². The molecule has 0 radical (unpaired) electrons. The number of sulfonamides is 1. The molecular weight excluding hydrogens is 988 g/mol. The van der Waals surface area contributed by atoms with Crippen molar-refractivity contribution >= 4 is 70.7 Å². The molecular formula is C36H39ClF3N8O18PS. The number of aromatic nitrogens is 3. The van der Waals surface area contributed by atoms with Gasteiger partial charge in [-0.15, -0.1) is 0 Å². The van der Waals surface area contributed by atoms with Crippen LogP contribution < -0.4 is 29.6 Å². The van der Waals surface area contributed by atoms with Crippen LogP contribution in [0.5, 0.6) is 23.3 Å². The summed E-state index contributed by atoms with van der Waals surface area (Å²) in [6.07, 6.45) is -4.01. The minimum Gasteiger partial charge on any atom is -0.481 e. The molecule has 0 saturated carbocycles. The predicted molar refractivity (Wildman–Crippen MR) is 226 cm³/mol. The first-order chi connectivity index (χ1) is 31.6. The number of aliphatic carboxylic acids is 1. The Kier molecular flexibility index (Phi) is 21.4. The van der Waals surface area contributed by atoms with Crippen LogP contribution in [0.25, 0.3) is 0 Å². The van der Waals surface area contributed by atoms with E-state index in [4.69, 9.17) is 45.4 Å². The molecule has 0 atom stereocenters. The van der Waals surface area contributed by atoms with Gasteiger partial charge in [-0.2, -0.15) is 31.6 Å². The molecule has 0 fully saturated rings. The van der Waals surface area contributed by atoms with Crippen molar-refractivity contribution in [1.82, 2.24) is 29.9 Å². The fourth-order valence-electron chi connectivity index (χ4n) is 4.48. The highest BCUT2D eigenvalue weighted by Crippen LogP contribution is 2.37. The van der Waals surface area contributed by atoms with Crippen molar-refractivity contribution in [1.29, 1.82) is 0 Å². The van der Waals surface area contributed by atoms with Crippen LogP contribution in [0.2, 0.25) is 5.02 Å². The van der Waals surface area contributed by atoms with Crippen LogP contribution in [0.4, 0.5) is 29.6 Å². The summed E-state index contributed by atoms with van der Waals surface area (Å²) in [5.74, 6) is -4.16. The molecule has 68 heavy (non-hydrogen) atoms. The first kappa shape index (κ1) is 56.9. The molecule has 370 valence electrons. The Bertz CT molecular complexity index is 2620. The standard InChI is InChI=1S/C18H13ClF3NO7.C15H18N6O6S.C3H8NO5P/c1-2-28-16(24)9-29-17(25)12-8-11(4-5-14(12)23(26)27)30-15-6-3-10(7-13(15)19)18(20,21)22;1-21(2)13(22)9-6-5-7-16-12(9)28(24,25)20-15(23)19-14-17-10(26-3)8-11(18-14)27-4;5-3(6)1-4-2-10(7,8)9/h3-8H,2,9H2,1H3;5-8H,1-4H3,(H2,17,18,19,20,23);4H,1-2H2,(H,5,6)(H2,7,8,9). The number of anilines is 1. The number of urea groups is 1. The van der Waals surface area contributed by atoms with Gasteiger partial charge in [0, 0.05) is 32.4 Å². The molecule has 0 aliphatic rings. The molecule has 32 heteroatoms. The minimum absolute atomic E-state index is 0.0493. The van der Waals surface area contributed by atoms with Gasteiger partial charge in [-0.05, 0) is 43.3 Å². The number of benzene rings is 2. The molecule has 0 spiro atoms. The van der Waals surface area contributed by atoms with E-state index in [0.717, 1.165) is 30.3 Å². The van der Waals surface area contributed by atoms with Crippen LogP contribution in [0.15, 0.2) is 65.8 Å². The molecule has 0 aliphatic heterocycles. The monoisotopic (exact) mass is 1030 g/mol. The highest BCUT2D eigenvalue weighted by atomic mass is 35.5. The van der Waals surface area contributed by atoms with Crippen molar-refractivity contribution in [2.45, 2.75) is 18.1 Å². The maximum absolute atomic E-state index is 12.7. The van der Waals surface area contributed by atoms with E-state index in [0.29, 0.717) is 6.07 Å². The average Bonchev–Trinajstić information content (AvgIpc) is 3.25. The number of nitrogens with one attached hydrogen (secondary N) is 3. The molecule has 4 aromatic rings. The Balaban J connectivity index is 0.000000390. The number of carbonyl (C=O) groups excluding carboxylic acids is 4. The number of carboxylic acids is 1. The van der Waals surface area contributed by atoms with Crippen molar-refractivity contribution in [2.24, 2.45) is 0 Å². The van der Waals surface area contributed by atoms with Gasteiger partial charge in [0.1, 0.15) is 17.1 Å². The van der Waals surface area contributed by atoms with Gasteiger partial charge in [0.05, 0.1) is 60.8 Å². The maximum atomic E-state index is 12.7. The third kappa shape index (κ3) is 18.9. The highest BCUT2D eigenvalue weighted by Gasteiger charge is 2.32. The number of methoxy groups -OCH3 is 2. The average molecular weight is 1030 g/mol. The predicted octanol–water partition coefficient (Wildman–Crippen LogP) is 3.68. The fraction of sp³-hybridized carbons (Fsp3) is 0.278. The van der Waals surface area contributed by atoms with Crippen LogP contribution in [0.3, 0.4) is 0 Å². The third-order valence-electron chi connectivity index (χ3n) is 7.30. The Morgan fingerprint density at radius 3 is 2.10 bits per heavy atom. The highest BCUT2D eigenvalue weighted by molar-refractivity contribution is 7.90. The van der Waals surface area contributed by atoms with Gasteiger partial charge in [-0.25, -0.2) is 24.1 Å². The number of hydrogen-bond acceptors (Lipinski definition) is 19. The van der Waals surface area contributed by atoms with Crippen LogP contribution in [0.1, 0.15) is 33.2 Å². The number of nitrogens with zero attached hydrogens (tertiary/aromatic N) is 5. The Morgan fingerprint density at radius 1 is 0.956 bits per heavy atom. The van der Waals surface area contributed by atoms with Crippen LogP contribution >= 0.6 is 19.2 Å². The summed E-state index contributed by atoms with van der Waals surface area (Å²) in [6.45, 7) is 0.385. The normalized spacial score (nSPS) is 10.9. The number of nitro groups is 1. The zero-order valence-corrected chi connectivity index (χ0v) is 38.1. The van der Waals surface area contributed by atoms with Crippen molar-refractivity contribution in [3.05, 3.63) is 92.6 Å². The van der Waals surface area contributed by atoms with E-state index in [9.17, 15) is 60.2 Å². The summed E-state index contributed by atoms with van der Waals surface area (Å²) in [4.78, 5) is 96.8. The molecule has 2 aromatic carbocycles. The van der Waals surface area contributed by atoms with Crippen molar-refractivity contribution < 1.29 is 93.6 Å². The van der Waals surface area contributed by atoms with E-state index in [1.54, 1.807) is 4.72 Å². The van der Waals surface area contributed by atoms with Gasteiger partial charge < -0.3 is 43.5 Å². The number of carboxylic acid groups (broad SMARTS) is 1. The smallest absolute Gasteiger partial charge is 0.416 e. The number of esters is 2. The lowest BCUT2D eigenvalue weighted by molar-refractivity contribution is -0.385. The van der Waals surface area contributed by atoms with Gasteiger partial charge >= 0.3 is 37.7 Å². The van der Waals surface area contributed by atoms with Gasteiger partial charge in [0.15, 0.2) is 11.6 Å². The van der Waals surface area contributed by atoms with E-state index in [1.165, 1.54) is 64.5 Å². The molecule has 4 rings (SSSR count). The second-order valence-corrected chi connectivity index (χ2v) is 16.2. The fourth-order valence-corrected chi connectivity index (χ4v) is 6.14. The zero-order valence-electron chi connectivity index (χ0n) is 35.7. The quantitative estimate of drug-likeness (QED) is 0.0380. The Morgan fingerprint density at radius 2 is 1.59 bits per heavy atom.